The molecule has 0 unspecified atom stereocenters. The van der Waals surface area contributed by atoms with Gasteiger partial charge in [-0.3, -0.25) is 4.79 Å². The number of benzene rings is 1. The Hall–Kier alpha value is -2.92. The smallest absolute Gasteiger partial charge is 0.325 e. The minimum Gasteiger partial charge on any atom is -0.325 e. The summed E-state index contributed by atoms with van der Waals surface area (Å²) in [5.41, 5.74) is 0.833. The molecule has 0 saturated carbocycles. The number of nitrogens with zero attached hydrogens (tertiary/aromatic N) is 4. The van der Waals surface area contributed by atoms with Crippen molar-refractivity contribution in [3.63, 3.8) is 0 Å². The Morgan fingerprint density at radius 2 is 1.90 bits per heavy atom. The molecule has 0 radical (unpaired) electrons. The zero-order valence-corrected chi connectivity index (χ0v) is 16.2. The molecule has 3 aromatic heterocycles. The van der Waals surface area contributed by atoms with Gasteiger partial charge in [0.1, 0.15) is 5.69 Å². The number of rotatable bonds is 5. The highest BCUT2D eigenvalue weighted by atomic mass is 32.2. The number of thiophene rings is 1. The van der Waals surface area contributed by atoms with E-state index in [2.05, 4.69) is 20.6 Å². The summed E-state index contributed by atoms with van der Waals surface area (Å²) in [5.74, 6) is -0.367. The van der Waals surface area contributed by atoms with Crippen molar-refractivity contribution in [2.45, 2.75) is 11.3 Å². The molecule has 148 valence electrons. The lowest BCUT2D eigenvalue weighted by Gasteiger charge is -2.08. The molecule has 1 aromatic carbocycles. The van der Waals surface area contributed by atoms with Crippen LogP contribution >= 0.6 is 23.1 Å². The van der Waals surface area contributed by atoms with Crippen molar-refractivity contribution in [1.29, 1.82) is 0 Å². The van der Waals surface area contributed by atoms with Gasteiger partial charge in [0, 0.05) is 5.69 Å². The molecule has 0 atom stereocenters. The zero-order valence-electron chi connectivity index (χ0n) is 14.6. The van der Waals surface area contributed by atoms with Crippen LogP contribution in [-0.4, -0.2) is 31.5 Å². The summed E-state index contributed by atoms with van der Waals surface area (Å²) in [5, 5.41) is 17.6. The summed E-state index contributed by atoms with van der Waals surface area (Å²) in [7, 11) is 0. The second kappa shape index (κ2) is 7.84. The van der Waals surface area contributed by atoms with Gasteiger partial charge in [0.2, 0.25) is 11.1 Å². The van der Waals surface area contributed by atoms with E-state index < -0.39 is 11.7 Å². The van der Waals surface area contributed by atoms with Gasteiger partial charge < -0.3 is 5.32 Å². The Balaban J connectivity index is 1.42. The molecule has 6 nitrogen and oxygen atoms in total. The average Bonchev–Trinajstić information content (AvgIpc) is 3.36. The monoisotopic (exact) mass is 435 g/mol. The number of hydrogen-bond acceptors (Lipinski definition) is 6. The fraction of sp³-hybridized carbons (Fsp3) is 0.111. The minimum atomic E-state index is -4.41. The molecule has 1 N–H and O–H groups in total. The van der Waals surface area contributed by atoms with Crippen molar-refractivity contribution in [3.05, 3.63) is 59.5 Å². The van der Waals surface area contributed by atoms with Gasteiger partial charge in [-0.2, -0.15) is 22.8 Å². The lowest BCUT2D eigenvalue weighted by atomic mass is 10.2. The van der Waals surface area contributed by atoms with Gasteiger partial charge in [-0.15, -0.1) is 21.5 Å². The first-order chi connectivity index (χ1) is 13.9. The maximum atomic E-state index is 12.6. The molecule has 4 aromatic rings. The fourth-order valence-corrected chi connectivity index (χ4v) is 3.86. The molecule has 0 bridgehead atoms. The van der Waals surface area contributed by atoms with E-state index in [0.717, 1.165) is 34.5 Å². The molecule has 11 heteroatoms. The van der Waals surface area contributed by atoms with Crippen molar-refractivity contribution >= 4 is 40.3 Å². The fourth-order valence-electron chi connectivity index (χ4n) is 2.48. The van der Waals surface area contributed by atoms with E-state index in [1.54, 1.807) is 21.9 Å². The Morgan fingerprint density at radius 3 is 2.59 bits per heavy atom. The van der Waals surface area contributed by atoms with Crippen LogP contribution in [0.15, 0.2) is 59.1 Å². The van der Waals surface area contributed by atoms with Crippen LogP contribution < -0.4 is 5.32 Å². The van der Waals surface area contributed by atoms with Crippen LogP contribution in [0.2, 0.25) is 0 Å². The molecule has 0 aliphatic carbocycles. The molecule has 4 rings (SSSR count). The van der Waals surface area contributed by atoms with Gasteiger partial charge in [0.05, 0.1) is 16.2 Å². The molecule has 0 aliphatic rings. The first-order valence-electron chi connectivity index (χ1n) is 8.26. The summed E-state index contributed by atoms with van der Waals surface area (Å²) >= 11 is 2.69. The third-order valence-electron chi connectivity index (χ3n) is 3.84. The van der Waals surface area contributed by atoms with Crippen LogP contribution in [0.1, 0.15) is 5.56 Å². The van der Waals surface area contributed by atoms with Crippen LogP contribution in [0.5, 0.6) is 0 Å². The summed E-state index contributed by atoms with van der Waals surface area (Å²) in [6.07, 6.45) is -4.41. The van der Waals surface area contributed by atoms with Crippen molar-refractivity contribution < 1.29 is 18.0 Å². The third-order valence-corrected chi connectivity index (χ3v) is 5.65. The SMILES string of the molecule is O=C(CSc1nnc2ccc(-c3cccs3)nn12)Nc1ccc(C(F)(F)F)cc1. The summed E-state index contributed by atoms with van der Waals surface area (Å²) in [6, 6.07) is 11.8. The number of halogens is 3. The molecule has 0 fully saturated rings. The molecular formula is C18H12F3N5OS2. The van der Waals surface area contributed by atoms with Crippen LogP contribution in [0.3, 0.4) is 0 Å². The maximum absolute atomic E-state index is 12.6. The number of carbonyl (C=O) groups is 1. The largest absolute Gasteiger partial charge is 0.416 e. The number of thioether (sulfide) groups is 1. The number of alkyl halides is 3. The highest BCUT2D eigenvalue weighted by Crippen LogP contribution is 2.30. The number of carbonyl (C=O) groups excluding carboxylic acids is 1. The lowest BCUT2D eigenvalue weighted by Crippen LogP contribution is -2.14. The van der Waals surface area contributed by atoms with Crippen molar-refractivity contribution in [3.8, 4) is 10.6 Å². The Bertz CT molecular complexity index is 1140. The standard InChI is InChI=1S/C18H12F3N5OS2/c19-18(20,21)11-3-5-12(6-4-11)22-16(27)10-29-17-24-23-15-8-7-13(25-26(15)17)14-2-1-9-28-14/h1-9H,10H2,(H,22,27). The topological polar surface area (TPSA) is 72.2 Å². The number of hydrogen-bond donors (Lipinski definition) is 1. The second-order valence-corrected chi connectivity index (χ2v) is 7.75. The predicted octanol–water partition coefficient (Wildman–Crippen LogP) is 4.60. The zero-order chi connectivity index (χ0) is 20.4. The number of nitrogens with one attached hydrogen (secondary N) is 1. The van der Waals surface area contributed by atoms with Gasteiger partial charge in [0.25, 0.3) is 0 Å². The van der Waals surface area contributed by atoms with Crippen LogP contribution in [0.25, 0.3) is 16.2 Å². The molecule has 0 spiro atoms. The van der Waals surface area contributed by atoms with E-state index in [1.165, 1.54) is 12.1 Å². The summed E-state index contributed by atoms with van der Waals surface area (Å²) in [4.78, 5) is 13.1. The van der Waals surface area contributed by atoms with Crippen molar-refractivity contribution in [2.24, 2.45) is 0 Å². The number of aromatic nitrogens is 4. The number of anilines is 1. The summed E-state index contributed by atoms with van der Waals surface area (Å²) < 4.78 is 39.3. The van der Waals surface area contributed by atoms with Gasteiger partial charge in [-0.1, -0.05) is 17.8 Å². The molecule has 1 amide bonds. The Labute approximate surface area is 170 Å². The Kier molecular flexibility index (Phi) is 5.24. The highest BCUT2D eigenvalue weighted by molar-refractivity contribution is 7.99. The van der Waals surface area contributed by atoms with E-state index >= 15 is 0 Å². The van der Waals surface area contributed by atoms with Crippen LogP contribution in [0.4, 0.5) is 18.9 Å². The minimum absolute atomic E-state index is 0.00667. The van der Waals surface area contributed by atoms with Crippen molar-refractivity contribution in [2.75, 3.05) is 11.1 Å². The second-order valence-electron chi connectivity index (χ2n) is 5.86. The number of fused-ring (bicyclic) bond motifs is 1. The van der Waals surface area contributed by atoms with Gasteiger partial charge in [-0.25, -0.2) is 0 Å². The summed E-state index contributed by atoms with van der Waals surface area (Å²) in [6.45, 7) is 0. The highest BCUT2D eigenvalue weighted by Gasteiger charge is 2.30. The number of amides is 1. The predicted molar refractivity (Wildman–Crippen MR) is 105 cm³/mol. The van der Waals surface area contributed by atoms with E-state index in [4.69, 9.17) is 0 Å². The quantitative estimate of drug-likeness (QED) is 0.464. The van der Waals surface area contributed by atoms with Crippen LogP contribution in [0, 0.1) is 0 Å². The third kappa shape index (κ3) is 4.40. The first-order valence-corrected chi connectivity index (χ1v) is 10.1. The molecule has 0 saturated heterocycles. The van der Waals surface area contributed by atoms with Gasteiger partial charge in [-0.05, 0) is 47.8 Å². The van der Waals surface area contributed by atoms with E-state index in [-0.39, 0.29) is 17.3 Å². The Morgan fingerprint density at radius 1 is 1.10 bits per heavy atom. The normalized spacial score (nSPS) is 11.7. The van der Waals surface area contributed by atoms with Gasteiger partial charge >= 0.3 is 6.18 Å². The lowest BCUT2D eigenvalue weighted by molar-refractivity contribution is -0.137. The van der Waals surface area contributed by atoms with Crippen LogP contribution in [-0.2, 0) is 11.0 Å². The van der Waals surface area contributed by atoms with E-state index in [9.17, 15) is 18.0 Å². The molecule has 0 aliphatic heterocycles. The van der Waals surface area contributed by atoms with Crippen molar-refractivity contribution in [1.82, 2.24) is 19.8 Å². The average molecular weight is 435 g/mol. The molecular weight excluding hydrogens is 423 g/mol. The van der Waals surface area contributed by atoms with E-state index in [0.29, 0.717) is 10.8 Å². The van der Waals surface area contributed by atoms with E-state index in [1.807, 2.05) is 23.6 Å². The van der Waals surface area contributed by atoms with Gasteiger partial charge in [0.15, 0.2) is 5.65 Å². The first kappa shape index (κ1) is 19.4. The molecule has 3 heterocycles. The maximum Gasteiger partial charge on any atom is 0.416 e. The molecule has 29 heavy (non-hydrogen) atoms.